The molecule has 2 aromatic rings. The molecule has 0 fully saturated rings. The van der Waals surface area contributed by atoms with E-state index in [9.17, 15) is 4.79 Å². The van der Waals surface area contributed by atoms with Crippen molar-refractivity contribution in [3.63, 3.8) is 0 Å². The van der Waals surface area contributed by atoms with Gasteiger partial charge in [0.2, 0.25) is 0 Å². The van der Waals surface area contributed by atoms with Gasteiger partial charge < -0.3 is 4.90 Å². The molecule has 0 unspecified atom stereocenters. The SMILES string of the molecule is CN(C)C(=O)n1nnc2ccccc21. The van der Waals surface area contributed by atoms with Crippen molar-refractivity contribution in [3.05, 3.63) is 24.3 Å². The zero-order valence-corrected chi connectivity index (χ0v) is 8.01. The summed E-state index contributed by atoms with van der Waals surface area (Å²) in [6.45, 7) is 0. The van der Waals surface area contributed by atoms with Gasteiger partial charge in [-0.05, 0) is 12.1 Å². The van der Waals surface area contributed by atoms with Gasteiger partial charge in [-0.15, -0.1) is 5.10 Å². The molecule has 0 aliphatic rings. The van der Waals surface area contributed by atoms with Crippen molar-refractivity contribution in [2.45, 2.75) is 0 Å². The minimum absolute atomic E-state index is 0.196. The Balaban J connectivity index is 2.58. The maximum atomic E-state index is 11.6. The number of aromatic nitrogens is 3. The molecule has 0 atom stereocenters. The third kappa shape index (κ3) is 1.22. The molecule has 2 rings (SSSR count). The molecule has 1 aromatic heterocycles. The summed E-state index contributed by atoms with van der Waals surface area (Å²) in [6.07, 6.45) is 0. The van der Waals surface area contributed by atoms with E-state index in [-0.39, 0.29) is 6.03 Å². The third-order valence-electron chi connectivity index (χ3n) is 1.92. The smallest absolute Gasteiger partial charge is 0.329 e. The molecule has 1 amide bonds. The van der Waals surface area contributed by atoms with E-state index in [0.29, 0.717) is 0 Å². The highest BCUT2D eigenvalue weighted by Crippen LogP contribution is 2.09. The quantitative estimate of drug-likeness (QED) is 0.621. The number of benzene rings is 1. The van der Waals surface area contributed by atoms with E-state index in [2.05, 4.69) is 10.3 Å². The molecule has 0 aliphatic carbocycles. The number of carbonyl (C=O) groups excluding carboxylic acids is 1. The Hall–Kier alpha value is -1.91. The van der Waals surface area contributed by atoms with Crippen molar-refractivity contribution >= 4 is 17.1 Å². The number of rotatable bonds is 0. The van der Waals surface area contributed by atoms with Gasteiger partial charge in [-0.2, -0.15) is 4.68 Å². The number of nitrogens with zero attached hydrogens (tertiary/aromatic N) is 4. The zero-order valence-electron chi connectivity index (χ0n) is 8.01. The summed E-state index contributed by atoms with van der Waals surface area (Å²) >= 11 is 0. The van der Waals surface area contributed by atoms with Crippen molar-refractivity contribution in [1.29, 1.82) is 0 Å². The second-order valence-electron chi connectivity index (χ2n) is 3.17. The van der Waals surface area contributed by atoms with Crippen molar-refractivity contribution < 1.29 is 4.79 Å². The van der Waals surface area contributed by atoms with E-state index < -0.39 is 0 Å². The van der Waals surface area contributed by atoms with Crippen LogP contribution in [0.25, 0.3) is 11.0 Å². The van der Waals surface area contributed by atoms with Gasteiger partial charge in [0, 0.05) is 14.1 Å². The summed E-state index contributed by atoms with van der Waals surface area (Å²) in [5.41, 5.74) is 1.45. The van der Waals surface area contributed by atoms with Crippen LogP contribution in [-0.4, -0.2) is 40.0 Å². The molecule has 14 heavy (non-hydrogen) atoms. The molecule has 1 aromatic carbocycles. The number of hydrogen-bond acceptors (Lipinski definition) is 3. The Labute approximate surface area is 80.9 Å². The summed E-state index contributed by atoms with van der Waals surface area (Å²) in [6, 6.07) is 7.16. The number of carbonyl (C=O) groups is 1. The minimum atomic E-state index is -0.196. The third-order valence-corrected chi connectivity index (χ3v) is 1.92. The van der Waals surface area contributed by atoms with Gasteiger partial charge in [-0.25, -0.2) is 4.79 Å². The predicted octanol–water partition coefficient (Wildman–Crippen LogP) is 0.961. The second kappa shape index (κ2) is 3.10. The highest BCUT2D eigenvalue weighted by molar-refractivity contribution is 5.87. The standard InChI is InChI=1S/C9H10N4O/c1-12(2)9(14)13-8-6-4-3-5-7(8)10-11-13/h3-6H,1-2H3. The maximum absolute atomic E-state index is 11.6. The van der Waals surface area contributed by atoms with Crippen molar-refractivity contribution in [2.24, 2.45) is 0 Å². The number of amides is 1. The first-order valence-electron chi connectivity index (χ1n) is 4.22. The van der Waals surface area contributed by atoms with Crippen LogP contribution in [0.2, 0.25) is 0 Å². The molecule has 5 nitrogen and oxygen atoms in total. The highest BCUT2D eigenvalue weighted by atomic mass is 16.2. The fourth-order valence-corrected chi connectivity index (χ4v) is 1.20. The maximum Gasteiger partial charge on any atom is 0.346 e. The van der Waals surface area contributed by atoms with Gasteiger partial charge in [0.25, 0.3) is 0 Å². The van der Waals surface area contributed by atoms with Crippen LogP contribution in [0.3, 0.4) is 0 Å². The average Bonchev–Trinajstić information content (AvgIpc) is 2.60. The molecule has 0 bridgehead atoms. The van der Waals surface area contributed by atoms with Gasteiger partial charge in [-0.1, -0.05) is 17.3 Å². The zero-order chi connectivity index (χ0) is 10.1. The molecule has 1 heterocycles. The van der Waals surface area contributed by atoms with Crippen LogP contribution in [0.5, 0.6) is 0 Å². The van der Waals surface area contributed by atoms with E-state index in [0.717, 1.165) is 11.0 Å². The Bertz CT molecular complexity index is 474. The molecule has 0 saturated heterocycles. The van der Waals surface area contributed by atoms with E-state index in [1.54, 1.807) is 14.1 Å². The van der Waals surface area contributed by atoms with Crippen molar-refractivity contribution in [2.75, 3.05) is 14.1 Å². The van der Waals surface area contributed by atoms with Crippen LogP contribution in [0, 0.1) is 0 Å². The normalized spacial score (nSPS) is 10.4. The lowest BCUT2D eigenvalue weighted by Gasteiger charge is -2.08. The van der Waals surface area contributed by atoms with Crippen LogP contribution in [-0.2, 0) is 0 Å². The lowest BCUT2D eigenvalue weighted by Crippen LogP contribution is -2.28. The highest BCUT2D eigenvalue weighted by Gasteiger charge is 2.12. The van der Waals surface area contributed by atoms with E-state index in [1.165, 1.54) is 9.58 Å². The molecule has 0 N–H and O–H groups in total. The summed E-state index contributed by atoms with van der Waals surface area (Å²) < 4.78 is 1.29. The fourth-order valence-electron chi connectivity index (χ4n) is 1.20. The van der Waals surface area contributed by atoms with Crippen LogP contribution in [0.4, 0.5) is 4.79 Å². The van der Waals surface area contributed by atoms with Crippen LogP contribution in [0.1, 0.15) is 0 Å². The molecular weight excluding hydrogens is 180 g/mol. The summed E-state index contributed by atoms with van der Waals surface area (Å²) in [4.78, 5) is 13.1. The minimum Gasteiger partial charge on any atom is -0.329 e. The molecule has 72 valence electrons. The molecule has 0 saturated carbocycles. The van der Waals surface area contributed by atoms with Crippen LogP contribution in [0.15, 0.2) is 24.3 Å². The van der Waals surface area contributed by atoms with Gasteiger partial charge in [0.1, 0.15) is 5.52 Å². The van der Waals surface area contributed by atoms with Gasteiger partial charge >= 0.3 is 6.03 Å². The first-order chi connectivity index (χ1) is 6.70. The van der Waals surface area contributed by atoms with E-state index >= 15 is 0 Å². The first-order valence-corrected chi connectivity index (χ1v) is 4.22. The Morgan fingerprint density at radius 1 is 1.36 bits per heavy atom. The number of hydrogen-bond donors (Lipinski definition) is 0. The molecular formula is C9H10N4O. The van der Waals surface area contributed by atoms with E-state index in [1.807, 2.05) is 24.3 Å². The molecule has 0 aliphatic heterocycles. The van der Waals surface area contributed by atoms with Crippen LogP contribution >= 0.6 is 0 Å². The summed E-state index contributed by atoms with van der Waals surface area (Å²) in [5, 5.41) is 7.68. The molecule has 0 radical (unpaired) electrons. The van der Waals surface area contributed by atoms with Crippen molar-refractivity contribution in [3.8, 4) is 0 Å². The second-order valence-corrected chi connectivity index (χ2v) is 3.17. The lowest BCUT2D eigenvalue weighted by atomic mass is 10.3. The Morgan fingerprint density at radius 2 is 2.07 bits per heavy atom. The fraction of sp³-hybridized carbons (Fsp3) is 0.222. The van der Waals surface area contributed by atoms with E-state index in [4.69, 9.17) is 0 Å². The summed E-state index contributed by atoms with van der Waals surface area (Å²) in [7, 11) is 3.36. The van der Waals surface area contributed by atoms with Gasteiger partial charge in [0.15, 0.2) is 0 Å². The first kappa shape index (κ1) is 8.68. The Kier molecular flexibility index (Phi) is 1.92. The monoisotopic (exact) mass is 190 g/mol. The topological polar surface area (TPSA) is 51.0 Å². The van der Waals surface area contributed by atoms with Crippen molar-refractivity contribution in [1.82, 2.24) is 19.9 Å². The largest absolute Gasteiger partial charge is 0.346 e. The average molecular weight is 190 g/mol. The Morgan fingerprint density at radius 3 is 2.79 bits per heavy atom. The number of para-hydroxylation sites is 1. The van der Waals surface area contributed by atoms with Gasteiger partial charge in [-0.3, -0.25) is 0 Å². The lowest BCUT2D eigenvalue weighted by molar-refractivity contribution is 0.216. The van der Waals surface area contributed by atoms with Crippen LogP contribution < -0.4 is 0 Å². The summed E-state index contributed by atoms with van der Waals surface area (Å²) in [5.74, 6) is 0. The molecule has 5 heteroatoms. The van der Waals surface area contributed by atoms with Gasteiger partial charge in [0.05, 0.1) is 5.52 Å². The number of fused-ring (bicyclic) bond motifs is 1. The predicted molar refractivity (Wildman–Crippen MR) is 52.0 cm³/mol. The molecule has 0 spiro atoms.